The fraction of sp³-hybridized carbons (Fsp3) is 0.571. The molecule has 0 heterocycles. The van der Waals surface area contributed by atoms with Crippen molar-refractivity contribution in [2.75, 3.05) is 0 Å². The summed E-state index contributed by atoms with van der Waals surface area (Å²) in [6.07, 6.45) is 5.07. The Morgan fingerprint density at radius 2 is 2.24 bits per heavy atom. The van der Waals surface area contributed by atoms with Crippen molar-refractivity contribution in [1.29, 1.82) is 0 Å². The molecule has 2 atom stereocenters. The Kier molecular flexibility index (Phi) is 3.74. The highest BCUT2D eigenvalue weighted by molar-refractivity contribution is 6.30. The van der Waals surface area contributed by atoms with Crippen molar-refractivity contribution in [3.05, 3.63) is 34.6 Å². The minimum atomic E-state index is -0.274. The lowest BCUT2D eigenvalue weighted by molar-refractivity contribution is 0.202. The molecule has 17 heavy (non-hydrogen) atoms. The highest BCUT2D eigenvalue weighted by Crippen LogP contribution is 2.35. The van der Waals surface area contributed by atoms with Crippen LogP contribution in [0.4, 0.5) is 4.39 Å². The van der Waals surface area contributed by atoms with Crippen LogP contribution in [0.1, 0.15) is 38.2 Å². The van der Waals surface area contributed by atoms with Gasteiger partial charge in [0, 0.05) is 10.6 Å². The molecule has 1 aliphatic carbocycles. The highest BCUT2D eigenvalue weighted by Gasteiger charge is 2.34. The summed E-state index contributed by atoms with van der Waals surface area (Å²) in [5.74, 6) is 0.242. The van der Waals surface area contributed by atoms with E-state index in [0.717, 1.165) is 19.3 Å². The number of rotatable bonds is 2. The van der Waals surface area contributed by atoms with E-state index in [-0.39, 0.29) is 11.4 Å². The lowest BCUT2D eigenvalue weighted by atomic mass is 9.71. The molecule has 0 aliphatic heterocycles. The predicted molar refractivity (Wildman–Crippen MR) is 69.7 cm³/mol. The smallest absolute Gasteiger partial charge is 0.126 e. The highest BCUT2D eigenvalue weighted by atomic mass is 35.5. The third-order valence-corrected chi connectivity index (χ3v) is 4.27. The van der Waals surface area contributed by atoms with E-state index in [0.29, 0.717) is 22.9 Å². The quantitative estimate of drug-likeness (QED) is 0.851. The average molecular weight is 256 g/mol. The molecule has 1 saturated carbocycles. The topological polar surface area (TPSA) is 26.0 Å². The van der Waals surface area contributed by atoms with E-state index in [1.54, 1.807) is 12.1 Å². The Morgan fingerprint density at radius 1 is 1.47 bits per heavy atom. The molecule has 0 amide bonds. The van der Waals surface area contributed by atoms with Crippen LogP contribution >= 0.6 is 11.6 Å². The van der Waals surface area contributed by atoms with Gasteiger partial charge in [0.25, 0.3) is 0 Å². The van der Waals surface area contributed by atoms with Gasteiger partial charge in [0.1, 0.15) is 5.82 Å². The number of nitrogens with two attached hydrogens (primary N) is 1. The first-order valence-corrected chi connectivity index (χ1v) is 6.62. The molecule has 2 rings (SSSR count). The monoisotopic (exact) mass is 255 g/mol. The Bertz CT molecular complexity index is 407. The van der Waals surface area contributed by atoms with Crippen molar-refractivity contribution in [2.24, 2.45) is 11.7 Å². The summed E-state index contributed by atoms with van der Waals surface area (Å²) in [4.78, 5) is 0. The maximum absolute atomic E-state index is 13.7. The zero-order valence-electron chi connectivity index (χ0n) is 10.2. The van der Waals surface area contributed by atoms with Crippen LogP contribution in [0.25, 0.3) is 0 Å². The van der Waals surface area contributed by atoms with Crippen LogP contribution in [-0.2, 0) is 6.42 Å². The predicted octanol–water partition coefficient (Wildman–Crippen LogP) is 3.93. The van der Waals surface area contributed by atoms with Crippen LogP contribution in [0.2, 0.25) is 5.02 Å². The van der Waals surface area contributed by atoms with Gasteiger partial charge in [-0.3, -0.25) is 0 Å². The van der Waals surface area contributed by atoms with Gasteiger partial charge in [-0.2, -0.15) is 0 Å². The van der Waals surface area contributed by atoms with Crippen LogP contribution in [0, 0.1) is 11.7 Å². The molecule has 1 aliphatic rings. The minimum Gasteiger partial charge on any atom is -0.325 e. The van der Waals surface area contributed by atoms with Gasteiger partial charge in [0.15, 0.2) is 0 Å². The van der Waals surface area contributed by atoms with Crippen molar-refractivity contribution < 1.29 is 4.39 Å². The average Bonchev–Trinajstić information content (AvgIpc) is 2.28. The third-order valence-electron chi connectivity index (χ3n) is 4.04. The molecule has 2 N–H and O–H groups in total. The molecular weight excluding hydrogens is 237 g/mol. The summed E-state index contributed by atoms with van der Waals surface area (Å²) in [5, 5.41) is 0.577. The van der Waals surface area contributed by atoms with Gasteiger partial charge in [-0.15, -0.1) is 0 Å². The molecule has 0 radical (unpaired) electrons. The molecule has 0 spiro atoms. The van der Waals surface area contributed by atoms with Crippen LogP contribution in [0.3, 0.4) is 0 Å². The normalized spacial score (nSPS) is 29.3. The van der Waals surface area contributed by atoms with Crippen molar-refractivity contribution in [3.8, 4) is 0 Å². The number of benzene rings is 1. The molecular formula is C14H19ClFN. The molecule has 0 saturated heterocycles. The second-order valence-corrected chi connectivity index (χ2v) is 5.73. The largest absolute Gasteiger partial charge is 0.325 e. The molecule has 1 nitrogen and oxygen atoms in total. The van der Waals surface area contributed by atoms with Gasteiger partial charge >= 0.3 is 0 Å². The fourth-order valence-electron chi connectivity index (χ4n) is 2.73. The van der Waals surface area contributed by atoms with Crippen molar-refractivity contribution in [1.82, 2.24) is 0 Å². The molecule has 94 valence electrons. The standard InChI is InChI=1S/C14H19ClFN/c1-10-4-2-3-7-14(10,17)9-11-8-12(15)5-6-13(11)16/h5-6,8,10H,2-4,7,9,17H2,1H3. The Hall–Kier alpha value is -0.600. The van der Waals surface area contributed by atoms with Crippen molar-refractivity contribution >= 4 is 11.6 Å². The molecule has 0 aromatic heterocycles. The van der Waals surface area contributed by atoms with Gasteiger partial charge in [-0.05, 0) is 48.9 Å². The van der Waals surface area contributed by atoms with E-state index < -0.39 is 0 Å². The fourth-order valence-corrected chi connectivity index (χ4v) is 2.93. The minimum absolute atomic E-state index is 0.197. The van der Waals surface area contributed by atoms with E-state index in [9.17, 15) is 4.39 Å². The zero-order chi connectivity index (χ0) is 12.5. The zero-order valence-corrected chi connectivity index (χ0v) is 10.9. The van der Waals surface area contributed by atoms with Crippen molar-refractivity contribution in [2.45, 2.75) is 44.6 Å². The van der Waals surface area contributed by atoms with E-state index in [1.807, 2.05) is 0 Å². The van der Waals surface area contributed by atoms with Crippen LogP contribution in [0.5, 0.6) is 0 Å². The van der Waals surface area contributed by atoms with Crippen LogP contribution in [0.15, 0.2) is 18.2 Å². The molecule has 2 unspecified atom stereocenters. The summed E-state index contributed by atoms with van der Waals surface area (Å²) >= 11 is 5.91. The summed E-state index contributed by atoms with van der Waals surface area (Å²) in [6, 6.07) is 4.70. The van der Waals surface area contributed by atoms with Gasteiger partial charge in [-0.25, -0.2) is 4.39 Å². The maximum Gasteiger partial charge on any atom is 0.126 e. The lowest BCUT2D eigenvalue weighted by Gasteiger charge is -2.39. The maximum atomic E-state index is 13.7. The second kappa shape index (κ2) is 4.95. The third kappa shape index (κ3) is 2.80. The SMILES string of the molecule is CC1CCCCC1(N)Cc1cc(Cl)ccc1F. The van der Waals surface area contributed by atoms with E-state index >= 15 is 0 Å². The summed E-state index contributed by atoms with van der Waals surface area (Å²) in [5.41, 5.74) is 6.82. The Labute approximate surface area is 107 Å². The van der Waals surface area contributed by atoms with Gasteiger partial charge in [0.05, 0.1) is 0 Å². The second-order valence-electron chi connectivity index (χ2n) is 5.29. The number of hydrogen-bond donors (Lipinski definition) is 1. The first-order chi connectivity index (χ1) is 8.01. The Morgan fingerprint density at radius 3 is 2.94 bits per heavy atom. The molecule has 1 aromatic rings. The number of halogens is 2. The number of hydrogen-bond acceptors (Lipinski definition) is 1. The Balaban J connectivity index is 2.21. The first-order valence-electron chi connectivity index (χ1n) is 6.24. The molecule has 3 heteroatoms. The van der Waals surface area contributed by atoms with E-state index in [2.05, 4.69) is 6.92 Å². The summed E-state index contributed by atoms with van der Waals surface area (Å²) in [6.45, 7) is 2.17. The van der Waals surface area contributed by atoms with E-state index in [4.69, 9.17) is 17.3 Å². The molecule has 0 bridgehead atoms. The van der Waals surface area contributed by atoms with Crippen LogP contribution < -0.4 is 5.73 Å². The van der Waals surface area contributed by atoms with Gasteiger partial charge in [-0.1, -0.05) is 31.4 Å². The molecule has 1 fully saturated rings. The van der Waals surface area contributed by atoms with Gasteiger partial charge in [0.2, 0.25) is 0 Å². The first kappa shape index (κ1) is 12.8. The molecule has 1 aromatic carbocycles. The van der Waals surface area contributed by atoms with Crippen molar-refractivity contribution in [3.63, 3.8) is 0 Å². The summed E-state index contributed by atoms with van der Waals surface area (Å²) in [7, 11) is 0. The summed E-state index contributed by atoms with van der Waals surface area (Å²) < 4.78 is 13.7. The van der Waals surface area contributed by atoms with Gasteiger partial charge < -0.3 is 5.73 Å². The van der Waals surface area contributed by atoms with E-state index in [1.165, 1.54) is 12.5 Å². The van der Waals surface area contributed by atoms with Crippen LogP contribution in [-0.4, -0.2) is 5.54 Å². The lowest BCUT2D eigenvalue weighted by Crippen LogP contribution is -2.50.